The fraction of sp³-hybridized carbons (Fsp3) is 1.00. The first-order valence-corrected chi connectivity index (χ1v) is 5.63. The van der Waals surface area contributed by atoms with Crippen LogP contribution in [-0.4, -0.2) is 42.8 Å². The highest BCUT2D eigenvalue weighted by Gasteiger charge is 2.22. The molecule has 0 aromatic rings. The highest BCUT2D eigenvalue weighted by atomic mass is 16.5. The Morgan fingerprint density at radius 2 is 2.21 bits per heavy atom. The predicted octanol–water partition coefficient (Wildman–Crippen LogP) is 1.22. The molecule has 3 nitrogen and oxygen atoms in total. The molecule has 1 heterocycles. The quantitative estimate of drug-likeness (QED) is 0.741. The summed E-state index contributed by atoms with van der Waals surface area (Å²) < 4.78 is 5.46. The molecule has 1 unspecified atom stereocenters. The topological polar surface area (TPSA) is 38.5 Å². The van der Waals surface area contributed by atoms with Gasteiger partial charge in [-0.1, -0.05) is 6.92 Å². The van der Waals surface area contributed by atoms with Gasteiger partial charge in [0.15, 0.2) is 0 Å². The van der Waals surface area contributed by atoms with Crippen molar-refractivity contribution in [2.24, 2.45) is 5.73 Å². The molecule has 0 amide bonds. The fourth-order valence-electron chi connectivity index (χ4n) is 1.79. The fourth-order valence-corrected chi connectivity index (χ4v) is 1.79. The lowest BCUT2D eigenvalue weighted by Gasteiger charge is -2.36. The number of morpholine rings is 1. The molecule has 1 saturated heterocycles. The lowest BCUT2D eigenvalue weighted by Crippen LogP contribution is -2.47. The Balaban J connectivity index is 2.33. The zero-order valence-electron chi connectivity index (χ0n) is 9.75. The third-order valence-electron chi connectivity index (χ3n) is 2.86. The van der Waals surface area contributed by atoms with Crippen molar-refractivity contribution in [2.45, 2.75) is 45.2 Å². The summed E-state index contributed by atoms with van der Waals surface area (Å²) in [6.07, 6.45) is 2.23. The van der Waals surface area contributed by atoms with Gasteiger partial charge in [-0.2, -0.15) is 0 Å². The lowest BCUT2D eigenvalue weighted by atomic mass is 10.0. The largest absolute Gasteiger partial charge is 0.378 e. The maximum atomic E-state index is 5.98. The van der Waals surface area contributed by atoms with Gasteiger partial charge in [-0.05, 0) is 26.7 Å². The molecule has 1 fully saturated rings. The Morgan fingerprint density at radius 3 is 2.79 bits per heavy atom. The number of ether oxygens (including phenoxy) is 1. The number of hydrogen-bond donors (Lipinski definition) is 1. The van der Waals surface area contributed by atoms with Gasteiger partial charge in [-0.3, -0.25) is 4.90 Å². The molecule has 2 N–H and O–H groups in total. The molecular formula is C11H24N2O. The van der Waals surface area contributed by atoms with Crippen molar-refractivity contribution in [3.05, 3.63) is 0 Å². The van der Waals surface area contributed by atoms with Crippen molar-refractivity contribution >= 4 is 0 Å². The summed E-state index contributed by atoms with van der Waals surface area (Å²) in [6.45, 7) is 10.3. The Kier molecular flexibility index (Phi) is 4.35. The molecule has 1 rings (SSSR count). The van der Waals surface area contributed by atoms with Gasteiger partial charge in [-0.25, -0.2) is 0 Å². The molecule has 0 saturated carbocycles. The minimum absolute atomic E-state index is 0.0450. The smallest absolute Gasteiger partial charge is 0.0622 e. The highest BCUT2D eigenvalue weighted by molar-refractivity contribution is 4.79. The molecule has 0 aromatic heterocycles. The van der Waals surface area contributed by atoms with Gasteiger partial charge in [-0.15, -0.1) is 0 Å². The molecule has 0 radical (unpaired) electrons. The molecule has 84 valence electrons. The average molecular weight is 200 g/mol. The first-order valence-electron chi connectivity index (χ1n) is 5.63. The zero-order chi connectivity index (χ0) is 10.6. The van der Waals surface area contributed by atoms with E-state index in [1.54, 1.807) is 0 Å². The van der Waals surface area contributed by atoms with Gasteiger partial charge >= 0.3 is 0 Å². The van der Waals surface area contributed by atoms with E-state index >= 15 is 0 Å². The number of nitrogens with zero attached hydrogens (tertiary/aromatic N) is 1. The Hall–Kier alpha value is -0.120. The van der Waals surface area contributed by atoms with E-state index < -0.39 is 0 Å². The Bertz CT molecular complexity index is 165. The van der Waals surface area contributed by atoms with Gasteiger partial charge in [0.1, 0.15) is 0 Å². The van der Waals surface area contributed by atoms with Crippen molar-refractivity contribution < 1.29 is 4.74 Å². The first-order chi connectivity index (χ1) is 6.53. The third-order valence-corrected chi connectivity index (χ3v) is 2.86. The number of hydrogen-bond acceptors (Lipinski definition) is 3. The maximum Gasteiger partial charge on any atom is 0.0622 e. The number of nitrogens with two attached hydrogens (primary N) is 1. The second kappa shape index (κ2) is 5.10. The molecule has 0 aromatic carbocycles. The molecule has 1 aliphatic rings. The zero-order valence-corrected chi connectivity index (χ0v) is 9.75. The van der Waals surface area contributed by atoms with Crippen molar-refractivity contribution in [2.75, 3.05) is 26.3 Å². The summed E-state index contributed by atoms with van der Waals surface area (Å²) in [6, 6.07) is 0.603. The maximum absolute atomic E-state index is 5.98. The Morgan fingerprint density at radius 1 is 1.50 bits per heavy atom. The van der Waals surface area contributed by atoms with Gasteiger partial charge in [0, 0.05) is 24.7 Å². The predicted molar refractivity (Wildman–Crippen MR) is 59.4 cm³/mol. The molecular weight excluding hydrogens is 176 g/mol. The van der Waals surface area contributed by atoms with E-state index in [9.17, 15) is 0 Å². The van der Waals surface area contributed by atoms with E-state index in [1.807, 2.05) is 0 Å². The van der Waals surface area contributed by atoms with Crippen LogP contribution in [0, 0.1) is 0 Å². The molecule has 0 spiro atoms. The van der Waals surface area contributed by atoms with Gasteiger partial charge in [0.25, 0.3) is 0 Å². The van der Waals surface area contributed by atoms with Crippen LogP contribution in [-0.2, 0) is 4.74 Å². The van der Waals surface area contributed by atoms with Crippen LogP contribution in [0.1, 0.15) is 33.6 Å². The molecule has 1 atom stereocenters. The van der Waals surface area contributed by atoms with Crippen molar-refractivity contribution in [1.82, 2.24) is 4.90 Å². The molecule has 3 heteroatoms. The summed E-state index contributed by atoms with van der Waals surface area (Å²) in [4.78, 5) is 2.51. The molecule has 0 bridgehead atoms. The summed E-state index contributed by atoms with van der Waals surface area (Å²) in [5, 5.41) is 0. The van der Waals surface area contributed by atoms with Crippen LogP contribution in [0.15, 0.2) is 0 Å². The SMILES string of the molecule is CCC1COCCN1CCC(C)(C)N. The van der Waals surface area contributed by atoms with E-state index in [1.165, 1.54) is 6.42 Å². The van der Waals surface area contributed by atoms with Gasteiger partial charge < -0.3 is 10.5 Å². The first kappa shape index (κ1) is 12.0. The second-order valence-corrected chi connectivity index (χ2v) is 4.91. The van der Waals surface area contributed by atoms with Gasteiger partial charge in [0.05, 0.1) is 13.2 Å². The summed E-state index contributed by atoms with van der Waals surface area (Å²) in [5.74, 6) is 0. The van der Waals surface area contributed by atoms with E-state index in [0.717, 1.165) is 32.7 Å². The van der Waals surface area contributed by atoms with Crippen LogP contribution in [0.25, 0.3) is 0 Å². The molecule has 0 aliphatic carbocycles. The standard InChI is InChI=1S/C11H24N2O/c1-4-10-9-14-8-7-13(10)6-5-11(2,3)12/h10H,4-9,12H2,1-3H3. The van der Waals surface area contributed by atoms with Crippen LogP contribution in [0.5, 0.6) is 0 Å². The van der Waals surface area contributed by atoms with Crippen molar-refractivity contribution in [1.29, 1.82) is 0 Å². The summed E-state index contributed by atoms with van der Waals surface area (Å²) in [7, 11) is 0. The lowest BCUT2D eigenvalue weighted by molar-refractivity contribution is -0.0108. The van der Waals surface area contributed by atoms with Crippen LogP contribution in [0.3, 0.4) is 0 Å². The van der Waals surface area contributed by atoms with Crippen molar-refractivity contribution in [3.8, 4) is 0 Å². The van der Waals surface area contributed by atoms with E-state index in [0.29, 0.717) is 6.04 Å². The third kappa shape index (κ3) is 3.95. The molecule has 14 heavy (non-hydrogen) atoms. The average Bonchev–Trinajstić information content (AvgIpc) is 2.14. The monoisotopic (exact) mass is 200 g/mol. The van der Waals surface area contributed by atoms with E-state index in [2.05, 4.69) is 25.7 Å². The normalized spacial score (nSPS) is 25.3. The highest BCUT2D eigenvalue weighted by Crippen LogP contribution is 2.13. The summed E-state index contributed by atoms with van der Waals surface area (Å²) in [5.41, 5.74) is 5.94. The number of rotatable bonds is 4. The minimum atomic E-state index is -0.0450. The summed E-state index contributed by atoms with van der Waals surface area (Å²) >= 11 is 0. The van der Waals surface area contributed by atoms with Crippen LogP contribution in [0.2, 0.25) is 0 Å². The van der Waals surface area contributed by atoms with Crippen molar-refractivity contribution in [3.63, 3.8) is 0 Å². The van der Waals surface area contributed by atoms with Gasteiger partial charge in [0.2, 0.25) is 0 Å². The minimum Gasteiger partial charge on any atom is -0.378 e. The van der Waals surface area contributed by atoms with E-state index in [4.69, 9.17) is 10.5 Å². The van der Waals surface area contributed by atoms with Crippen LogP contribution in [0.4, 0.5) is 0 Å². The van der Waals surface area contributed by atoms with Crippen LogP contribution >= 0.6 is 0 Å². The Labute approximate surface area is 87.6 Å². The van der Waals surface area contributed by atoms with Crippen LogP contribution < -0.4 is 5.73 Å². The second-order valence-electron chi connectivity index (χ2n) is 4.91. The molecule has 1 aliphatic heterocycles. The van der Waals surface area contributed by atoms with E-state index in [-0.39, 0.29) is 5.54 Å².